The SMILES string of the molecule is c1ccc(-n2c3ccc(-c4cccc(-c5ccc6sc7ccccc7c6c5)c4)cc3c3c4ccccc4ncc32)cc1. The van der Waals surface area contributed by atoms with Gasteiger partial charge in [0.2, 0.25) is 0 Å². The van der Waals surface area contributed by atoms with Crippen LogP contribution in [0.4, 0.5) is 0 Å². The van der Waals surface area contributed by atoms with Crippen molar-refractivity contribution in [2.45, 2.75) is 0 Å². The summed E-state index contributed by atoms with van der Waals surface area (Å²) in [5, 5.41) is 6.32. The molecule has 0 N–H and O–H groups in total. The van der Waals surface area contributed by atoms with Gasteiger partial charge in [0.1, 0.15) is 0 Å². The lowest BCUT2D eigenvalue weighted by Gasteiger charge is -2.09. The monoisotopic (exact) mass is 552 g/mol. The van der Waals surface area contributed by atoms with Gasteiger partial charge in [-0.05, 0) is 76.9 Å². The van der Waals surface area contributed by atoms with E-state index >= 15 is 0 Å². The summed E-state index contributed by atoms with van der Waals surface area (Å²) in [7, 11) is 0. The molecule has 0 radical (unpaired) electrons. The van der Waals surface area contributed by atoms with Gasteiger partial charge in [0.25, 0.3) is 0 Å². The Hall–Kier alpha value is -5.25. The Labute approximate surface area is 246 Å². The summed E-state index contributed by atoms with van der Waals surface area (Å²) >= 11 is 1.86. The van der Waals surface area contributed by atoms with Crippen LogP contribution in [0.5, 0.6) is 0 Å². The molecule has 0 amide bonds. The van der Waals surface area contributed by atoms with Gasteiger partial charge in [-0.25, -0.2) is 0 Å². The number of aromatic nitrogens is 2. The number of hydrogen-bond acceptors (Lipinski definition) is 2. The smallest absolute Gasteiger partial charge is 0.0730 e. The third-order valence-electron chi connectivity index (χ3n) is 8.42. The van der Waals surface area contributed by atoms with E-state index in [9.17, 15) is 0 Å². The van der Waals surface area contributed by atoms with E-state index in [1.807, 2.05) is 17.5 Å². The van der Waals surface area contributed by atoms with Crippen LogP contribution in [0.1, 0.15) is 0 Å². The molecule has 0 unspecified atom stereocenters. The molecule has 0 fully saturated rings. The number of para-hydroxylation sites is 2. The molecule has 9 aromatic rings. The first-order chi connectivity index (χ1) is 20.8. The van der Waals surface area contributed by atoms with Gasteiger partial charge in [0, 0.05) is 42.0 Å². The maximum Gasteiger partial charge on any atom is 0.0730 e. The zero-order valence-corrected chi connectivity index (χ0v) is 23.5. The summed E-state index contributed by atoms with van der Waals surface area (Å²) in [6.45, 7) is 0. The molecule has 0 aliphatic carbocycles. The number of nitrogens with zero attached hydrogens (tertiary/aromatic N) is 2. The minimum Gasteiger partial charge on any atom is -0.308 e. The van der Waals surface area contributed by atoms with Crippen LogP contribution in [-0.4, -0.2) is 9.55 Å². The highest BCUT2D eigenvalue weighted by atomic mass is 32.1. The maximum atomic E-state index is 4.83. The number of fused-ring (bicyclic) bond motifs is 8. The van der Waals surface area contributed by atoms with Crippen molar-refractivity contribution in [1.82, 2.24) is 9.55 Å². The fraction of sp³-hybridized carbons (Fsp3) is 0. The van der Waals surface area contributed by atoms with Gasteiger partial charge < -0.3 is 4.57 Å². The van der Waals surface area contributed by atoms with E-state index in [2.05, 4.69) is 144 Å². The summed E-state index contributed by atoms with van der Waals surface area (Å²) in [6.07, 6.45) is 2.02. The van der Waals surface area contributed by atoms with Crippen LogP contribution in [0.2, 0.25) is 0 Å². The second-order valence-corrected chi connectivity index (χ2v) is 11.9. The largest absolute Gasteiger partial charge is 0.308 e. The predicted octanol–water partition coefficient (Wildman–Crippen LogP) is 11.0. The quantitative estimate of drug-likeness (QED) is 0.213. The van der Waals surface area contributed by atoms with E-state index in [-0.39, 0.29) is 0 Å². The van der Waals surface area contributed by atoms with Gasteiger partial charge in [0.05, 0.1) is 22.7 Å². The molecular weight excluding hydrogens is 529 g/mol. The number of hydrogen-bond donors (Lipinski definition) is 0. The van der Waals surface area contributed by atoms with Gasteiger partial charge in [-0.2, -0.15) is 0 Å². The third kappa shape index (κ3) is 3.54. The molecule has 3 aromatic heterocycles. The second-order valence-electron chi connectivity index (χ2n) is 10.8. The summed E-state index contributed by atoms with van der Waals surface area (Å²) in [4.78, 5) is 4.83. The van der Waals surface area contributed by atoms with E-state index in [0.717, 1.165) is 16.7 Å². The first-order valence-electron chi connectivity index (χ1n) is 14.2. The lowest BCUT2D eigenvalue weighted by Crippen LogP contribution is -1.93. The molecule has 0 saturated heterocycles. The van der Waals surface area contributed by atoms with Crippen molar-refractivity contribution in [2.75, 3.05) is 0 Å². The average Bonchev–Trinajstić information content (AvgIpc) is 3.60. The van der Waals surface area contributed by atoms with Crippen molar-refractivity contribution >= 4 is 64.2 Å². The molecule has 0 atom stereocenters. The van der Waals surface area contributed by atoms with Gasteiger partial charge in [-0.1, -0.05) is 84.9 Å². The molecule has 42 heavy (non-hydrogen) atoms. The van der Waals surface area contributed by atoms with Crippen LogP contribution >= 0.6 is 11.3 Å². The molecule has 0 aliphatic rings. The Morgan fingerprint density at radius 3 is 1.98 bits per heavy atom. The Morgan fingerprint density at radius 1 is 0.452 bits per heavy atom. The number of thiophene rings is 1. The average molecular weight is 553 g/mol. The normalized spacial score (nSPS) is 11.8. The summed E-state index contributed by atoms with van der Waals surface area (Å²) in [6, 6.07) is 50.4. The van der Waals surface area contributed by atoms with Gasteiger partial charge in [-0.3, -0.25) is 4.98 Å². The first kappa shape index (κ1) is 23.5. The lowest BCUT2D eigenvalue weighted by atomic mass is 9.97. The molecule has 9 rings (SSSR count). The third-order valence-corrected chi connectivity index (χ3v) is 9.58. The summed E-state index contributed by atoms with van der Waals surface area (Å²) in [5.74, 6) is 0. The summed E-state index contributed by atoms with van der Waals surface area (Å²) < 4.78 is 5.01. The fourth-order valence-corrected chi connectivity index (χ4v) is 7.55. The minimum absolute atomic E-state index is 1.01. The molecule has 0 bridgehead atoms. The van der Waals surface area contributed by atoms with E-state index < -0.39 is 0 Å². The van der Waals surface area contributed by atoms with Gasteiger partial charge in [-0.15, -0.1) is 11.3 Å². The van der Waals surface area contributed by atoms with Crippen molar-refractivity contribution in [3.8, 4) is 27.9 Å². The molecule has 3 heterocycles. The maximum absolute atomic E-state index is 4.83. The fourth-order valence-electron chi connectivity index (χ4n) is 6.46. The van der Waals surface area contributed by atoms with Gasteiger partial charge in [0.15, 0.2) is 0 Å². The molecule has 0 spiro atoms. The Bertz CT molecular complexity index is 2470. The summed E-state index contributed by atoms with van der Waals surface area (Å²) in [5.41, 5.74) is 9.35. The molecule has 2 nitrogen and oxygen atoms in total. The Kier molecular flexibility index (Phi) is 5.10. The highest BCUT2D eigenvalue weighted by Crippen LogP contribution is 2.40. The lowest BCUT2D eigenvalue weighted by molar-refractivity contribution is 1.17. The van der Waals surface area contributed by atoms with Crippen LogP contribution in [0.15, 0.2) is 146 Å². The van der Waals surface area contributed by atoms with Crippen LogP contribution < -0.4 is 0 Å². The van der Waals surface area contributed by atoms with Gasteiger partial charge >= 0.3 is 0 Å². The van der Waals surface area contributed by atoms with Crippen molar-refractivity contribution in [1.29, 1.82) is 0 Å². The van der Waals surface area contributed by atoms with Crippen LogP contribution in [0.25, 0.3) is 80.8 Å². The first-order valence-corrected chi connectivity index (χ1v) is 15.0. The predicted molar refractivity (Wildman–Crippen MR) is 180 cm³/mol. The van der Waals surface area contributed by atoms with Crippen LogP contribution in [0.3, 0.4) is 0 Å². The zero-order valence-electron chi connectivity index (χ0n) is 22.7. The number of rotatable bonds is 3. The molecule has 0 saturated carbocycles. The van der Waals surface area contributed by atoms with Crippen molar-refractivity contribution in [3.05, 3.63) is 146 Å². The Balaban J connectivity index is 1.25. The van der Waals surface area contributed by atoms with E-state index in [1.165, 1.54) is 64.1 Å². The number of pyridine rings is 1. The van der Waals surface area contributed by atoms with Crippen LogP contribution in [0, 0.1) is 0 Å². The topological polar surface area (TPSA) is 17.8 Å². The van der Waals surface area contributed by atoms with Crippen LogP contribution in [-0.2, 0) is 0 Å². The highest BCUT2D eigenvalue weighted by molar-refractivity contribution is 7.25. The van der Waals surface area contributed by atoms with E-state index in [0.29, 0.717) is 0 Å². The van der Waals surface area contributed by atoms with E-state index in [1.54, 1.807) is 0 Å². The molecular formula is C39H24N2S. The van der Waals surface area contributed by atoms with Crippen molar-refractivity contribution in [3.63, 3.8) is 0 Å². The second kappa shape index (κ2) is 9.13. The molecule has 0 aliphatic heterocycles. The molecule has 6 aromatic carbocycles. The van der Waals surface area contributed by atoms with E-state index in [4.69, 9.17) is 4.98 Å². The Morgan fingerprint density at radius 2 is 1.12 bits per heavy atom. The molecule has 3 heteroatoms. The standard InChI is InChI=1S/C39H24N2S/c1-2-11-29(12-3-1)41-35-19-17-27(23-33(35)39-31-14-4-6-15-34(31)40-24-36(39)41)25-9-8-10-26(21-25)28-18-20-38-32(22-28)30-13-5-7-16-37(30)42-38/h1-24H. The molecule has 196 valence electrons. The number of benzene rings is 6. The van der Waals surface area contributed by atoms with Crippen molar-refractivity contribution < 1.29 is 0 Å². The minimum atomic E-state index is 1.01. The van der Waals surface area contributed by atoms with Crippen molar-refractivity contribution in [2.24, 2.45) is 0 Å². The highest BCUT2D eigenvalue weighted by Gasteiger charge is 2.16. The zero-order chi connectivity index (χ0) is 27.6.